The average molecular weight is 228 g/mol. The van der Waals surface area contributed by atoms with Crippen molar-refractivity contribution in [1.29, 1.82) is 5.39 Å². The van der Waals surface area contributed by atoms with Gasteiger partial charge in [0.25, 0.3) is 0 Å². The third-order valence-electron chi connectivity index (χ3n) is 1.29. The van der Waals surface area contributed by atoms with E-state index >= 15 is 0 Å². The van der Waals surface area contributed by atoms with Gasteiger partial charge in [-0.2, -0.15) is 0 Å². The summed E-state index contributed by atoms with van der Waals surface area (Å²) < 4.78 is 29.6. The fourth-order valence-electron chi connectivity index (χ4n) is 0.708. The van der Waals surface area contributed by atoms with Crippen LogP contribution in [0.3, 0.4) is 0 Å². The van der Waals surface area contributed by atoms with Gasteiger partial charge in [-0.15, -0.1) is 0 Å². The first-order valence-corrected chi connectivity index (χ1v) is 6.34. The first-order valence-electron chi connectivity index (χ1n) is 3.03. The molecule has 62 valence electrons. The molecule has 1 aromatic rings. The van der Waals surface area contributed by atoms with Gasteiger partial charge in [0.2, 0.25) is 0 Å². The topological polar surface area (TPSA) is 88.5 Å². The molecule has 1 N–H and O–H groups in total. The third kappa shape index (κ3) is 1.95. The molecular weight excluding hydrogens is 223 g/mol. The van der Waals surface area contributed by atoms with E-state index in [-0.39, 0.29) is 10.0 Å². The molecule has 0 aliphatic heterocycles. The van der Waals surface area contributed by atoms with Gasteiger partial charge in [-0.1, -0.05) is 0 Å². The monoisotopic (exact) mass is 228 g/mol. The van der Waals surface area contributed by atoms with Crippen LogP contribution < -0.4 is 8.45 Å². The van der Waals surface area contributed by atoms with E-state index in [2.05, 4.69) is 4.98 Å². The van der Waals surface area contributed by atoms with Crippen molar-refractivity contribution in [2.24, 2.45) is 0 Å². The van der Waals surface area contributed by atoms with E-state index < -0.39 is 14.2 Å². The Balaban J connectivity index is 3.11. The molecule has 0 aliphatic rings. The van der Waals surface area contributed by atoms with Crippen LogP contribution in [0, 0.1) is 5.39 Å². The minimum absolute atomic E-state index is 0.138. The second-order valence-electron chi connectivity index (χ2n) is 2.14. The third-order valence-corrected chi connectivity index (χ3v) is 3.29. The number of rotatable bonds is 1. The Kier molecular flexibility index (Phi) is 2.34. The number of benzene rings is 1. The molecule has 0 saturated heterocycles. The molecule has 0 amide bonds. The Labute approximate surface area is 71.3 Å². The fourth-order valence-corrected chi connectivity index (χ4v) is 1.81. The van der Waals surface area contributed by atoms with Crippen LogP contribution >= 0.6 is 0 Å². The molecule has 6 heteroatoms. The van der Waals surface area contributed by atoms with Gasteiger partial charge >= 0.3 is 70.8 Å². The van der Waals surface area contributed by atoms with Gasteiger partial charge in [-0.25, -0.2) is 0 Å². The van der Waals surface area contributed by atoms with Crippen LogP contribution in [0.4, 0.5) is 5.69 Å². The Morgan fingerprint density at radius 2 is 1.92 bits per heavy atom. The van der Waals surface area contributed by atoms with Gasteiger partial charge in [0, 0.05) is 0 Å². The molecule has 1 rings (SSSR count). The SMILES string of the molecule is N#[N+]c1ccc([As](=O)([O-])O)cc1. The number of hydrogen-bond acceptors (Lipinski definition) is 3. The van der Waals surface area contributed by atoms with E-state index in [1.807, 2.05) is 0 Å². The minimum atomic E-state index is -5.01. The number of hydrogen-bond donors (Lipinski definition) is 1. The summed E-state index contributed by atoms with van der Waals surface area (Å²) in [7, 11) is 0. The van der Waals surface area contributed by atoms with Crippen molar-refractivity contribution >= 4 is 24.2 Å². The van der Waals surface area contributed by atoms with Crippen molar-refractivity contribution in [3.63, 3.8) is 0 Å². The van der Waals surface area contributed by atoms with Gasteiger partial charge in [-0.05, 0) is 0 Å². The Morgan fingerprint density at radius 1 is 1.42 bits per heavy atom. The van der Waals surface area contributed by atoms with Crippen LogP contribution in [-0.2, 0) is 3.74 Å². The summed E-state index contributed by atoms with van der Waals surface area (Å²) in [5, 5.41) is 8.25. The second kappa shape index (κ2) is 3.11. The van der Waals surface area contributed by atoms with Crippen LogP contribution in [0.1, 0.15) is 0 Å². The molecule has 12 heavy (non-hydrogen) atoms. The van der Waals surface area contributed by atoms with Gasteiger partial charge in [0.05, 0.1) is 0 Å². The molecule has 0 spiro atoms. The molecule has 1 unspecified atom stereocenters. The van der Waals surface area contributed by atoms with Crippen LogP contribution in [0.2, 0.25) is 0 Å². The zero-order valence-electron chi connectivity index (χ0n) is 5.91. The fraction of sp³-hybridized carbons (Fsp3) is 0. The molecule has 0 aromatic heterocycles. The summed E-state index contributed by atoms with van der Waals surface area (Å²) in [5.41, 5.74) is 0.239. The van der Waals surface area contributed by atoms with E-state index in [1.165, 1.54) is 24.3 Å². The standard InChI is InChI=1S/C6H5AsN2O3/c8-9-6-3-1-5(2-4-6)7(10,11)12/h1-4H,(H-,10,11,12). The zero-order valence-corrected chi connectivity index (χ0v) is 7.79. The molecule has 0 aliphatic carbocycles. The second-order valence-corrected chi connectivity index (χ2v) is 5.40. The summed E-state index contributed by atoms with van der Waals surface area (Å²) in [6, 6.07) is 4.94. The van der Waals surface area contributed by atoms with Crippen LogP contribution in [0.15, 0.2) is 24.3 Å². The Bertz CT molecular complexity index is 361. The molecule has 0 fully saturated rings. The number of nitrogens with zero attached hydrogens (tertiary/aromatic N) is 2. The van der Waals surface area contributed by atoms with Crippen molar-refractivity contribution < 1.29 is 11.9 Å². The maximum atomic E-state index is 10.6. The van der Waals surface area contributed by atoms with Crippen molar-refractivity contribution in [3.05, 3.63) is 29.2 Å². The van der Waals surface area contributed by atoms with E-state index in [0.717, 1.165) is 0 Å². The zero-order chi connectivity index (χ0) is 9.19. The normalized spacial score (nSPS) is 14.8. The van der Waals surface area contributed by atoms with E-state index in [4.69, 9.17) is 9.49 Å². The van der Waals surface area contributed by atoms with E-state index in [9.17, 15) is 7.84 Å². The van der Waals surface area contributed by atoms with E-state index in [1.54, 1.807) is 0 Å². The van der Waals surface area contributed by atoms with Gasteiger partial charge in [0.1, 0.15) is 0 Å². The van der Waals surface area contributed by atoms with Crippen molar-refractivity contribution in [3.8, 4) is 0 Å². The van der Waals surface area contributed by atoms with Crippen LogP contribution in [0.5, 0.6) is 0 Å². The summed E-state index contributed by atoms with van der Waals surface area (Å²) in [5.74, 6) is 0. The first-order chi connectivity index (χ1) is 5.54. The Hall–Kier alpha value is -1.08. The van der Waals surface area contributed by atoms with Crippen molar-refractivity contribution in [1.82, 2.24) is 0 Å². The predicted molar refractivity (Wildman–Crippen MR) is 39.5 cm³/mol. The molecule has 0 radical (unpaired) electrons. The molecule has 1 atom stereocenters. The summed E-state index contributed by atoms with van der Waals surface area (Å²) in [6.07, 6.45) is 0. The summed E-state index contributed by atoms with van der Waals surface area (Å²) >= 11 is -5.01. The molecular formula is C6H5AsN2O3. The van der Waals surface area contributed by atoms with Gasteiger partial charge in [0.15, 0.2) is 0 Å². The summed E-state index contributed by atoms with van der Waals surface area (Å²) in [4.78, 5) is 2.83. The average Bonchev–Trinajstić information content (AvgIpc) is 2.03. The first kappa shape index (κ1) is 9.01. The van der Waals surface area contributed by atoms with Gasteiger partial charge < -0.3 is 0 Å². The Morgan fingerprint density at radius 3 is 2.25 bits per heavy atom. The van der Waals surface area contributed by atoms with Crippen molar-refractivity contribution in [2.75, 3.05) is 0 Å². The maximum absolute atomic E-state index is 10.6. The molecule has 0 heterocycles. The molecule has 5 nitrogen and oxygen atoms in total. The number of diazo groups is 1. The van der Waals surface area contributed by atoms with Crippen molar-refractivity contribution in [2.45, 2.75) is 0 Å². The van der Waals surface area contributed by atoms with E-state index in [0.29, 0.717) is 0 Å². The molecule has 0 saturated carbocycles. The quantitative estimate of drug-likeness (QED) is 0.498. The summed E-state index contributed by atoms with van der Waals surface area (Å²) in [6.45, 7) is 0. The molecule has 1 aromatic carbocycles. The van der Waals surface area contributed by atoms with Crippen LogP contribution in [-0.4, -0.2) is 18.3 Å². The van der Waals surface area contributed by atoms with Gasteiger partial charge in [-0.3, -0.25) is 0 Å². The molecule has 0 bridgehead atoms. The predicted octanol–water partition coefficient (Wildman–Crippen LogP) is -0.900. The van der Waals surface area contributed by atoms with Crippen LogP contribution in [0.25, 0.3) is 4.98 Å².